The van der Waals surface area contributed by atoms with Crippen LogP contribution in [0.1, 0.15) is 31.6 Å². The zero-order valence-corrected chi connectivity index (χ0v) is 15.3. The number of aromatic amines is 1. The predicted molar refractivity (Wildman–Crippen MR) is 100 cm³/mol. The predicted octanol–water partition coefficient (Wildman–Crippen LogP) is 2.13. The van der Waals surface area contributed by atoms with Gasteiger partial charge in [-0.1, -0.05) is 12.1 Å². The average molecular weight is 357 g/mol. The van der Waals surface area contributed by atoms with Crippen molar-refractivity contribution in [3.63, 3.8) is 0 Å². The summed E-state index contributed by atoms with van der Waals surface area (Å²) in [5, 5.41) is 3.08. The van der Waals surface area contributed by atoms with Gasteiger partial charge in [0.05, 0.1) is 17.1 Å². The van der Waals surface area contributed by atoms with Gasteiger partial charge in [0.25, 0.3) is 0 Å². The molecule has 2 aromatic rings. The maximum absolute atomic E-state index is 12.6. The molecule has 4 rings (SSSR count). The highest BCUT2D eigenvalue weighted by Gasteiger charge is 2.28. The van der Waals surface area contributed by atoms with E-state index in [1.807, 2.05) is 36.1 Å². The Balaban J connectivity index is 1.30. The molecule has 1 atom stereocenters. The van der Waals surface area contributed by atoms with Crippen LogP contribution < -0.4 is 5.32 Å². The van der Waals surface area contributed by atoms with Crippen LogP contribution in [0.4, 0.5) is 4.79 Å². The lowest BCUT2D eigenvalue weighted by Crippen LogP contribution is -2.55. The van der Waals surface area contributed by atoms with E-state index in [2.05, 4.69) is 20.2 Å². The molecule has 0 aliphatic carbocycles. The minimum atomic E-state index is -0.150. The van der Waals surface area contributed by atoms with Crippen molar-refractivity contribution in [3.8, 4) is 0 Å². The second-order valence-electron chi connectivity index (χ2n) is 7.18. The Morgan fingerprint density at radius 1 is 1.23 bits per heavy atom. The van der Waals surface area contributed by atoms with Crippen molar-refractivity contribution in [2.75, 3.05) is 39.4 Å². The number of rotatable bonds is 3. The Morgan fingerprint density at radius 3 is 2.69 bits per heavy atom. The lowest BCUT2D eigenvalue weighted by molar-refractivity contribution is 0.0186. The van der Waals surface area contributed by atoms with Crippen LogP contribution in [0.15, 0.2) is 24.3 Å². The molecule has 0 spiro atoms. The number of hydrogen-bond acceptors (Lipinski definition) is 4. The van der Waals surface area contributed by atoms with Crippen LogP contribution in [0.2, 0.25) is 0 Å². The summed E-state index contributed by atoms with van der Waals surface area (Å²) < 4.78 is 5.45. The first kappa shape index (κ1) is 17.3. The number of para-hydroxylation sites is 2. The van der Waals surface area contributed by atoms with E-state index in [-0.39, 0.29) is 12.1 Å². The lowest BCUT2D eigenvalue weighted by atomic mass is 10.1. The number of H-pyrrole nitrogens is 1. The molecule has 0 saturated carbocycles. The van der Waals surface area contributed by atoms with Gasteiger partial charge >= 0.3 is 6.03 Å². The highest BCUT2D eigenvalue weighted by atomic mass is 16.5. The summed E-state index contributed by atoms with van der Waals surface area (Å²) in [5.74, 6) is 0.792. The molecule has 7 heteroatoms. The van der Waals surface area contributed by atoms with Gasteiger partial charge in [-0.2, -0.15) is 0 Å². The molecule has 1 aromatic carbocycles. The SMILES string of the molecule is C[C@H](NC(=O)N1CCN(C2CCOCC2)CC1)c1nc2ccccc2[nH]1. The van der Waals surface area contributed by atoms with Gasteiger partial charge in [-0.3, -0.25) is 4.90 Å². The highest BCUT2D eigenvalue weighted by Crippen LogP contribution is 2.18. The number of benzene rings is 1. The van der Waals surface area contributed by atoms with E-state index in [1.54, 1.807) is 0 Å². The van der Waals surface area contributed by atoms with Gasteiger partial charge in [-0.25, -0.2) is 9.78 Å². The van der Waals surface area contributed by atoms with Gasteiger partial charge < -0.3 is 19.9 Å². The smallest absolute Gasteiger partial charge is 0.318 e. The van der Waals surface area contributed by atoms with Crippen LogP contribution in [0, 0.1) is 0 Å². The summed E-state index contributed by atoms with van der Waals surface area (Å²) in [6.07, 6.45) is 2.21. The van der Waals surface area contributed by atoms with Gasteiger partial charge in [0, 0.05) is 45.4 Å². The van der Waals surface area contributed by atoms with Crippen molar-refractivity contribution < 1.29 is 9.53 Å². The minimum absolute atomic E-state index is 0.00964. The first-order chi connectivity index (χ1) is 12.7. The summed E-state index contributed by atoms with van der Waals surface area (Å²) in [5.41, 5.74) is 1.92. The maximum atomic E-state index is 12.6. The number of aromatic nitrogens is 2. The number of ether oxygens (including phenoxy) is 1. The Kier molecular flexibility index (Phi) is 5.08. The molecule has 2 aliphatic rings. The lowest BCUT2D eigenvalue weighted by Gasteiger charge is -2.40. The van der Waals surface area contributed by atoms with Crippen molar-refractivity contribution in [2.24, 2.45) is 0 Å². The Hall–Kier alpha value is -2.12. The number of piperazine rings is 1. The molecule has 26 heavy (non-hydrogen) atoms. The molecule has 2 aliphatic heterocycles. The van der Waals surface area contributed by atoms with Gasteiger partial charge in [0.2, 0.25) is 0 Å². The molecule has 0 bridgehead atoms. The van der Waals surface area contributed by atoms with E-state index in [1.165, 1.54) is 0 Å². The molecule has 2 saturated heterocycles. The second-order valence-corrected chi connectivity index (χ2v) is 7.18. The fraction of sp³-hybridized carbons (Fsp3) is 0.579. The average Bonchev–Trinajstić information content (AvgIpc) is 3.13. The van der Waals surface area contributed by atoms with Crippen molar-refractivity contribution in [3.05, 3.63) is 30.1 Å². The number of urea groups is 1. The van der Waals surface area contributed by atoms with Crippen molar-refractivity contribution in [2.45, 2.75) is 31.8 Å². The normalized spacial score (nSPS) is 21.0. The van der Waals surface area contributed by atoms with Gasteiger partial charge in [-0.15, -0.1) is 0 Å². The van der Waals surface area contributed by atoms with E-state index in [0.717, 1.165) is 69.1 Å². The molecule has 140 valence electrons. The molecular formula is C19H27N5O2. The van der Waals surface area contributed by atoms with Crippen LogP contribution in [0.25, 0.3) is 11.0 Å². The fourth-order valence-corrected chi connectivity index (χ4v) is 3.86. The molecule has 0 unspecified atom stereocenters. The van der Waals surface area contributed by atoms with Crippen molar-refractivity contribution >= 4 is 17.1 Å². The van der Waals surface area contributed by atoms with E-state index in [0.29, 0.717) is 6.04 Å². The van der Waals surface area contributed by atoms with E-state index < -0.39 is 0 Å². The summed E-state index contributed by atoms with van der Waals surface area (Å²) in [6, 6.07) is 8.37. The number of imidazole rings is 1. The Morgan fingerprint density at radius 2 is 1.96 bits per heavy atom. The van der Waals surface area contributed by atoms with Gasteiger partial charge in [-0.05, 0) is 31.9 Å². The molecular weight excluding hydrogens is 330 g/mol. The van der Waals surface area contributed by atoms with Crippen LogP contribution in [0.3, 0.4) is 0 Å². The number of hydrogen-bond donors (Lipinski definition) is 2. The van der Waals surface area contributed by atoms with E-state index in [9.17, 15) is 4.79 Å². The van der Waals surface area contributed by atoms with Crippen LogP contribution in [0.5, 0.6) is 0 Å². The summed E-state index contributed by atoms with van der Waals surface area (Å²) in [6.45, 7) is 7.12. The number of nitrogens with one attached hydrogen (secondary N) is 2. The van der Waals surface area contributed by atoms with Crippen LogP contribution >= 0.6 is 0 Å². The first-order valence-electron chi connectivity index (χ1n) is 9.52. The largest absolute Gasteiger partial charge is 0.381 e. The number of carbonyl (C=O) groups is 1. The molecule has 0 radical (unpaired) electrons. The highest BCUT2D eigenvalue weighted by molar-refractivity contribution is 5.76. The number of nitrogens with zero attached hydrogens (tertiary/aromatic N) is 3. The summed E-state index contributed by atoms with van der Waals surface area (Å²) in [4.78, 5) is 24.9. The molecule has 3 heterocycles. The van der Waals surface area contributed by atoms with Gasteiger partial charge in [0.15, 0.2) is 0 Å². The quantitative estimate of drug-likeness (QED) is 0.883. The number of carbonyl (C=O) groups excluding carboxylic acids is 1. The van der Waals surface area contributed by atoms with Crippen molar-refractivity contribution in [1.29, 1.82) is 0 Å². The molecule has 2 fully saturated rings. The monoisotopic (exact) mass is 357 g/mol. The zero-order chi connectivity index (χ0) is 17.9. The summed E-state index contributed by atoms with van der Waals surface area (Å²) in [7, 11) is 0. The topological polar surface area (TPSA) is 73.5 Å². The van der Waals surface area contributed by atoms with E-state index >= 15 is 0 Å². The first-order valence-corrected chi connectivity index (χ1v) is 9.52. The summed E-state index contributed by atoms with van der Waals surface area (Å²) >= 11 is 0. The Labute approximate surface area is 153 Å². The minimum Gasteiger partial charge on any atom is -0.381 e. The van der Waals surface area contributed by atoms with E-state index in [4.69, 9.17) is 4.74 Å². The molecule has 2 N–H and O–H groups in total. The number of amides is 2. The molecule has 1 aromatic heterocycles. The van der Waals surface area contributed by atoms with Gasteiger partial charge in [0.1, 0.15) is 5.82 Å². The van der Waals surface area contributed by atoms with Crippen molar-refractivity contribution in [1.82, 2.24) is 25.1 Å². The standard InChI is InChI=1S/C19H27N5O2/c1-14(18-21-16-4-2-3-5-17(16)22-18)20-19(25)24-10-8-23(9-11-24)15-6-12-26-13-7-15/h2-5,14-15H,6-13H2,1H3,(H,20,25)(H,21,22)/t14-/m0/s1. The van der Waals surface area contributed by atoms with Crippen LogP contribution in [-0.2, 0) is 4.74 Å². The second kappa shape index (κ2) is 7.63. The Bertz CT molecular complexity index is 714. The third-order valence-corrected chi connectivity index (χ3v) is 5.47. The number of fused-ring (bicyclic) bond motifs is 1. The fourth-order valence-electron chi connectivity index (χ4n) is 3.86. The maximum Gasteiger partial charge on any atom is 0.318 e. The van der Waals surface area contributed by atoms with Crippen LogP contribution in [-0.4, -0.2) is 71.2 Å². The molecule has 7 nitrogen and oxygen atoms in total. The third kappa shape index (κ3) is 3.68. The third-order valence-electron chi connectivity index (χ3n) is 5.47. The zero-order valence-electron chi connectivity index (χ0n) is 15.3. The molecule has 2 amide bonds.